The van der Waals surface area contributed by atoms with E-state index in [0.29, 0.717) is 38.5 Å². The van der Waals surface area contributed by atoms with Gasteiger partial charge in [-0.15, -0.1) is 0 Å². The van der Waals surface area contributed by atoms with Crippen molar-refractivity contribution in [3.05, 3.63) is 54.1 Å². The molecule has 31 heavy (non-hydrogen) atoms. The van der Waals surface area contributed by atoms with Crippen LogP contribution < -0.4 is 10.2 Å². The van der Waals surface area contributed by atoms with Gasteiger partial charge in [0.2, 0.25) is 21.8 Å². The van der Waals surface area contributed by atoms with Crippen molar-refractivity contribution in [1.82, 2.24) is 4.31 Å². The van der Waals surface area contributed by atoms with Crippen LogP contribution in [-0.4, -0.2) is 57.4 Å². The van der Waals surface area contributed by atoms with Gasteiger partial charge < -0.3 is 15.0 Å². The molecular weight excluding hydrogens is 418 g/mol. The van der Waals surface area contributed by atoms with Gasteiger partial charge >= 0.3 is 0 Å². The summed E-state index contributed by atoms with van der Waals surface area (Å²) in [7, 11) is -3.58. The quantitative estimate of drug-likeness (QED) is 0.763. The average Bonchev–Trinajstić information content (AvgIpc) is 3.16. The van der Waals surface area contributed by atoms with E-state index >= 15 is 0 Å². The Labute approximate surface area is 181 Å². The summed E-state index contributed by atoms with van der Waals surface area (Å²) in [5.41, 5.74) is 2.33. The SMILES string of the molecule is Cc1cccc(N2C[C@@H](C(=O)Nc3ccc(S(=O)(=O)N4CCOCC4)cc3)CC2=O)c1. The number of hydrogen-bond acceptors (Lipinski definition) is 5. The molecule has 0 bridgehead atoms. The Bertz CT molecular complexity index is 1080. The Balaban J connectivity index is 1.40. The lowest BCUT2D eigenvalue weighted by atomic mass is 10.1. The molecule has 1 N–H and O–H groups in total. The number of aryl methyl sites for hydroxylation is 1. The van der Waals surface area contributed by atoms with Gasteiger partial charge in [-0.3, -0.25) is 9.59 Å². The highest BCUT2D eigenvalue weighted by Gasteiger charge is 2.35. The van der Waals surface area contributed by atoms with Gasteiger partial charge in [0, 0.05) is 37.4 Å². The summed E-state index contributed by atoms with van der Waals surface area (Å²) in [5.74, 6) is -0.810. The zero-order valence-corrected chi connectivity index (χ0v) is 18.1. The monoisotopic (exact) mass is 443 g/mol. The van der Waals surface area contributed by atoms with Crippen LogP contribution in [0, 0.1) is 12.8 Å². The molecule has 0 radical (unpaired) electrons. The minimum Gasteiger partial charge on any atom is -0.379 e. The lowest BCUT2D eigenvalue weighted by Crippen LogP contribution is -2.40. The normalized spacial score (nSPS) is 20.1. The van der Waals surface area contributed by atoms with Crippen LogP contribution in [0.2, 0.25) is 0 Å². The molecule has 9 heteroatoms. The second kappa shape index (κ2) is 8.78. The molecule has 8 nitrogen and oxygen atoms in total. The third-order valence-corrected chi connectivity index (χ3v) is 7.45. The van der Waals surface area contributed by atoms with E-state index in [1.165, 1.54) is 16.4 Å². The molecule has 2 fully saturated rings. The van der Waals surface area contributed by atoms with Crippen molar-refractivity contribution in [3.8, 4) is 0 Å². The molecule has 2 aromatic carbocycles. The standard InChI is InChI=1S/C22H25N3O5S/c1-16-3-2-4-19(13-16)25-15-17(14-21(25)26)22(27)23-18-5-7-20(8-6-18)31(28,29)24-9-11-30-12-10-24/h2-8,13,17H,9-12,14-15H2,1H3,(H,23,27)/t17-/m0/s1. The maximum absolute atomic E-state index is 12.7. The summed E-state index contributed by atoms with van der Waals surface area (Å²) >= 11 is 0. The van der Waals surface area contributed by atoms with Gasteiger partial charge in [-0.25, -0.2) is 8.42 Å². The van der Waals surface area contributed by atoms with Crippen molar-refractivity contribution in [1.29, 1.82) is 0 Å². The number of rotatable bonds is 5. The number of carbonyl (C=O) groups excluding carboxylic acids is 2. The highest BCUT2D eigenvalue weighted by molar-refractivity contribution is 7.89. The van der Waals surface area contributed by atoms with Gasteiger partial charge in [-0.1, -0.05) is 12.1 Å². The number of sulfonamides is 1. The number of benzene rings is 2. The van der Waals surface area contributed by atoms with E-state index < -0.39 is 15.9 Å². The van der Waals surface area contributed by atoms with Gasteiger partial charge in [0.05, 0.1) is 24.0 Å². The third-order valence-electron chi connectivity index (χ3n) is 5.54. The van der Waals surface area contributed by atoms with Crippen molar-refractivity contribution >= 4 is 33.2 Å². The summed E-state index contributed by atoms with van der Waals surface area (Å²) in [6.45, 7) is 3.69. The second-order valence-electron chi connectivity index (χ2n) is 7.77. The number of nitrogens with one attached hydrogen (secondary N) is 1. The highest BCUT2D eigenvalue weighted by Crippen LogP contribution is 2.27. The second-order valence-corrected chi connectivity index (χ2v) is 9.71. The average molecular weight is 444 g/mol. The molecule has 4 rings (SSSR count). The predicted molar refractivity (Wildman–Crippen MR) is 116 cm³/mol. The van der Waals surface area contributed by atoms with Crippen LogP contribution in [0.5, 0.6) is 0 Å². The first-order valence-electron chi connectivity index (χ1n) is 10.2. The number of hydrogen-bond donors (Lipinski definition) is 1. The van der Waals surface area contributed by atoms with Gasteiger partial charge in [-0.2, -0.15) is 4.31 Å². The van der Waals surface area contributed by atoms with Gasteiger partial charge in [0.25, 0.3) is 0 Å². The molecule has 2 aliphatic heterocycles. The summed E-state index contributed by atoms with van der Waals surface area (Å²) in [5, 5.41) is 2.80. The van der Waals surface area contributed by atoms with E-state index in [9.17, 15) is 18.0 Å². The van der Waals surface area contributed by atoms with E-state index in [1.807, 2.05) is 31.2 Å². The van der Waals surface area contributed by atoms with Crippen LogP contribution in [0.4, 0.5) is 11.4 Å². The van der Waals surface area contributed by atoms with Crippen molar-refractivity contribution in [2.45, 2.75) is 18.2 Å². The molecule has 2 aliphatic rings. The number of nitrogens with zero attached hydrogens (tertiary/aromatic N) is 2. The van der Waals surface area contributed by atoms with Crippen LogP contribution in [0.15, 0.2) is 53.4 Å². The van der Waals surface area contributed by atoms with Crippen LogP contribution in [-0.2, 0) is 24.3 Å². The summed E-state index contributed by atoms with van der Waals surface area (Å²) in [6, 6.07) is 13.7. The molecule has 0 aliphatic carbocycles. The summed E-state index contributed by atoms with van der Waals surface area (Å²) in [4.78, 5) is 26.9. The summed E-state index contributed by atoms with van der Waals surface area (Å²) in [6.07, 6.45) is 0.142. The Morgan fingerprint density at radius 3 is 2.48 bits per heavy atom. The number of anilines is 2. The minimum absolute atomic E-state index is 0.0855. The lowest BCUT2D eigenvalue weighted by Gasteiger charge is -2.26. The molecule has 164 valence electrons. The number of amides is 2. The molecule has 0 saturated carbocycles. The Morgan fingerprint density at radius 1 is 1.10 bits per heavy atom. The van der Waals surface area contributed by atoms with E-state index in [0.717, 1.165) is 11.3 Å². The zero-order valence-electron chi connectivity index (χ0n) is 17.3. The molecule has 2 amide bonds. The molecule has 1 atom stereocenters. The molecule has 2 aromatic rings. The van der Waals surface area contributed by atoms with Gasteiger partial charge in [0.1, 0.15) is 0 Å². The Morgan fingerprint density at radius 2 is 1.81 bits per heavy atom. The van der Waals surface area contributed by atoms with Crippen molar-refractivity contribution < 1.29 is 22.7 Å². The van der Waals surface area contributed by atoms with E-state index in [4.69, 9.17) is 4.74 Å². The topological polar surface area (TPSA) is 96.0 Å². The first-order chi connectivity index (χ1) is 14.8. The minimum atomic E-state index is -3.58. The van der Waals surface area contributed by atoms with Crippen molar-refractivity contribution in [2.24, 2.45) is 5.92 Å². The third kappa shape index (κ3) is 4.63. The largest absolute Gasteiger partial charge is 0.379 e. The fourth-order valence-electron chi connectivity index (χ4n) is 3.82. The number of ether oxygens (including phenoxy) is 1. The van der Waals surface area contributed by atoms with Crippen molar-refractivity contribution in [3.63, 3.8) is 0 Å². The van der Waals surface area contributed by atoms with Crippen LogP contribution in [0.3, 0.4) is 0 Å². The van der Waals surface area contributed by atoms with Crippen LogP contribution in [0.25, 0.3) is 0 Å². The fraction of sp³-hybridized carbons (Fsp3) is 0.364. The van der Waals surface area contributed by atoms with E-state index in [-0.39, 0.29) is 23.1 Å². The Hall–Kier alpha value is -2.75. The van der Waals surface area contributed by atoms with E-state index in [2.05, 4.69) is 5.32 Å². The predicted octanol–water partition coefficient (Wildman–Crippen LogP) is 2.01. The van der Waals surface area contributed by atoms with E-state index in [1.54, 1.807) is 17.0 Å². The summed E-state index contributed by atoms with van der Waals surface area (Å²) < 4.78 is 32.0. The maximum Gasteiger partial charge on any atom is 0.243 e. The van der Waals surface area contributed by atoms with Gasteiger partial charge in [-0.05, 0) is 48.9 Å². The smallest absolute Gasteiger partial charge is 0.243 e. The Kier molecular flexibility index (Phi) is 6.08. The zero-order chi connectivity index (χ0) is 22.0. The van der Waals surface area contributed by atoms with Crippen LogP contribution >= 0.6 is 0 Å². The number of morpholine rings is 1. The molecule has 0 aromatic heterocycles. The maximum atomic E-state index is 12.7. The molecule has 2 saturated heterocycles. The molecule has 0 unspecified atom stereocenters. The van der Waals surface area contributed by atoms with Crippen molar-refractivity contribution in [2.75, 3.05) is 43.1 Å². The lowest BCUT2D eigenvalue weighted by molar-refractivity contribution is -0.122. The van der Waals surface area contributed by atoms with Gasteiger partial charge in [0.15, 0.2) is 0 Å². The first-order valence-corrected chi connectivity index (χ1v) is 11.6. The number of carbonyl (C=O) groups is 2. The fourth-order valence-corrected chi connectivity index (χ4v) is 5.23. The molecule has 2 heterocycles. The first kappa shape index (κ1) is 21.5. The molecule has 0 spiro atoms. The highest BCUT2D eigenvalue weighted by atomic mass is 32.2. The van der Waals surface area contributed by atoms with Crippen LogP contribution in [0.1, 0.15) is 12.0 Å². The molecular formula is C22H25N3O5S.